The summed E-state index contributed by atoms with van der Waals surface area (Å²) in [6.45, 7) is 2.52. The van der Waals surface area contributed by atoms with Gasteiger partial charge >= 0.3 is 0 Å². The minimum atomic E-state index is 0.0555. The summed E-state index contributed by atoms with van der Waals surface area (Å²) >= 11 is 0. The Bertz CT molecular complexity index is 847. The number of rotatable bonds is 4. The van der Waals surface area contributed by atoms with E-state index in [-0.39, 0.29) is 6.61 Å². The molecule has 1 saturated heterocycles. The maximum atomic E-state index is 9.04. The van der Waals surface area contributed by atoms with Gasteiger partial charge in [-0.25, -0.2) is 4.98 Å². The molecule has 0 radical (unpaired) electrons. The Hall–Kier alpha value is -2.45. The quantitative estimate of drug-likeness (QED) is 0.649. The van der Waals surface area contributed by atoms with Crippen molar-refractivity contribution < 1.29 is 5.11 Å². The zero-order valence-corrected chi connectivity index (χ0v) is 13.4. The number of nitrogen functional groups attached to an aromatic ring is 1. The average Bonchev–Trinajstić information content (AvgIpc) is 3.23. The number of nitrogens with one attached hydrogen (secondary N) is 1. The smallest absolute Gasteiger partial charge is 0.165 e. The minimum absolute atomic E-state index is 0.0555. The van der Waals surface area contributed by atoms with Crippen LogP contribution in [-0.4, -0.2) is 49.2 Å². The predicted octanol–water partition coefficient (Wildman–Crippen LogP) is 0.634. The highest BCUT2D eigenvalue weighted by atomic mass is 16.3. The lowest BCUT2D eigenvalue weighted by atomic mass is 9.96. The van der Waals surface area contributed by atoms with Gasteiger partial charge in [0.15, 0.2) is 5.65 Å². The molecule has 1 aliphatic rings. The van der Waals surface area contributed by atoms with Crippen molar-refractivity contribution >= 4 is 11.5 Å². The van der Waals surface area contributed by atoms with E-state index in [1.54, 1.807) is 21.6 Å². The van der Waals surface area contributed by atoms with E-state index in [2.05, 4.69) is 15.5 Å². The van der Waals surface area contributed by atoms with Gasteiger partial charge in [-0.1, -0.05) is 0 Å². The average molecular weight is 327 g/mol. The summed E-state index contributed by atoms with van der Waals surface area (Å²) in [6.07, 6.45) is 7.69. The van der Waals surface area contributed by atoms with Gasteiger partial charge in [-0.05, 0) is 19.4 Å². The molecule has 0 saturated carbocycles. The molecule has 3 aromatic heterocycles. The maximum absolute atomic E-state index is 9.04. The van der Waals surface area contributed by atoms with Gasteiger partial charge in [-0.2, -0.15) is 14.7 Å². The Morgan fingerprint density at radius 2 is 2.25 bits per heavy atom. The Morgan fingerprint density at radius 3 is 3.04 bits per heavy atom. The molecule has 4 heterocycles. The fourth-order valence-electron chi connectivity index (χ4n) is 3.25. The molecule has 0 spiro atoms. The maximum Gasteiger partial charge on any atom is 0.165 e. The normalized spacial score (nSPS) is 18.3. The van der Waals surface area contributed by atoms with Gasteiger partial charge in [-0.3, -0.25) is 4.68 Å². The second-order valence-corrected chi connectivity index (χ2v) is 6.16. The first kappa shape index (κ1) is 15.1. The lowest BCUT2D eigenvalue weighted by Crippen LogP contribution is -2.29. The SMILES string of the molecule is Nc1cc(C2CCCNC2)nc2c(-c3cnn(CCO)c3)cnn12. The minimum Gasteiger partial charge on any atom is -0.394 e. The second-order valence-electron chi connectivity index (χ2n) is 6.16. The number of hydrogen-bond acceptors (Lipinski definition) is 6. The summed E-state index contributed by atoms with van der Waals surface area (Å²) in [4.78, 5) is 4.85. The monoisotopic (exact) mass is 327 g/mol. The first-order valence-electron chi connectivity index (χ1n) is 8.25. The van der Waals surface area contributed by atoms with Crippen LogP contribution in [0.4, 0.5) is 5.82 Å². The molecule has 1 atom stereocenters. The Morgan fingerprint density at radius 1 is 1.33 bits per heavy atom. The molecule has 0 amide bonds. The van der Waals surface area contributed by atoms with Crippen molar-refractivity contribution in [2.45, 2.75) is 25.3 Å². The van der Waals surface area contributed by atoms with Crippen LogP contribution in [0.1, 0.15) is 24.5 Å². The fraction of sp³-hybridized carbons (Fsp3) is 0.438. The highest BCUT2D eigenvalue weighted by Gasteiger charge is 2.20. The molecule has 8 heteroatoms. The molecule has 4 rings (SSSR count). The van der Waals surface area contributed by atoms with Crippen molar-refractivity contribution in [3.05, 3.63) is 30.4 Å². The fourth-order valence-corrected chi connectivity index (χ4v) is 3.25. The summed E-state index contributed by atoms with van der Waals surface area (Å²) in [7, 11) is 0. The van der Waals surface area contributed by atoms with E-state index in [1.165, 1.54) is 0 Å². The molecule has 4 N–H and O–H groups in total. The number of fused-ring (bicyclic) bond motifs is 1. The summed E-state index contributed by atoms with van der Waals surface area (Å²) in [5.74, 6) is 0.973. The number of nitrogens with zero attached hydrogens (tertiary/aromatic N) is 5. The molecule has 24 heavy (non-hydrogen) atoms. The van der Waals surface area contributed by atoms with E-state index in [4.69, 9.17) is 15.8 Å². The zero-order valence-electron chi connectivity index (χ0n) is 13.4. The van der Waals surface area contributed by atoms with Gasteiger partial charge in [0.2, 0.25) is 0 Å². The summed E-state index contributed by atoms with van der Waals surface area (Å²) in [5, 5.41) is 21.1. The first-order chi connectivity index (χ1) is 11.8. The van der Waals surface area contributed by atoms with Crippen molar-refractivity contribution in [3.63, 3.8) is 0 Å². The largest absolute Gasteiger partial charge is 0.394 e. The molecule has 0 bridgehead atoms. The molecule has 0 aliphatic carbocycles. The van der Waals surface area contributed by atoms with Gasteiger partial charge < -0.3 is 16.2 Å². The number of aliphatic hydroxyl groups is 1. The third-order valence-electron chi connectivity index (χ3n) is 4.51. The topological polar surface area (TPSA) is 106 Å². The highest BCUT2D eigenvalue weighted by molar-refractivity contribution is 5.77. The first-order valence-corrected chi connectivity index (χ1v) is 8.25. The molecule has 126 valence electrons. The molecule has 3 aromatic rings. The summed E-state index contributed by atoms with van der Waals surface area (Å²) < 4.78 is 3.37. The van der Waals surface area contributed by atoms with Crippen LogP contribution < -0.4 is 11.1 Å². The van der Waals surface area contributed by atoms with E-state index in [9.17, 15) is 0 Å². The highest BCUT2D eigenvalue weighted by Crippen LogP contribution is 2.28. The van der Waals surface area contributed by atoms with Crippen LogP contribution in [0.3, 0.4) is 0 Å². The second kappa shape index (κ2) is 6.21. The molecular weight excluding hydrogens is 306 g/mol. The Kier molecular flexibility index (Phi) is 3.91. The molecule has 1 aliphatic heterocycles. The van der Waals surface area contributed by atoms with Gasteiger partial charge in [0.05, 0.1) is 31.2 Å². The van der Waals surface area contributed by atoms with Crippen LogP contribution in [0.15, 0.2) is 24.7 Å². The van der Waals surface area contributed by atoms with Gasteiger partial charge in [0, 0.05) is 35.9 Å². The number of nitrogens with two attached hydrogens (primary N) is 1. The van der Waals surface area contributed by atoms with Crippen LogP contribution in [0, 0.1) is 0 Å². The Balaban J connectivity index is 1.77. The van der Waals surface area contributed by atoms with Crippen LogP contribution in [0.25, 0.3) is 16.8 Å². The summed E-state index contributed by atoms with van der Waals surface area (Å²) in [5.41, 5.74) is 9.77. The molecule has 0 aromatic carbocycles. The number of anilines is 1. The standard InChI is InChI=1S/C16H21N7O/c17-15-6-14(11-2-1-3-18-7-11)21-16-13(9-20-23(15)16)12-8-19-22(10-12)4-5-24/h6,8-11,18,24H,1-5,7,17H2. The number of aromatic nitrogens is 5. The number of hydrogen-bond donors (Lipinski definition) is 3. The van der Waals surface area contributed by atoms with Crippen LogP contribution in [-0.2, 0) is 6.54 Å². The van der Waals surface area contributed by atoms with E-state index in [1.807, 2.05) is 12.3 Å². The predicted molar refractivity (Wildman–Crippen MR) is 90.6 cm³/mol. The van der Waals surface area contributed by atoms with Crippen molar-refractivity contribution in [2.75, 3.05) is 25.4 Å². The lowest BCUT2D eigenvalue weighted by molar-refractivity contribution is 0.269. The zero-order chi connectivity index (χ0) is 16.5. The van der Waals surface area contributed by atoms with Crippen molar-refractivity contribution in [3.8, 4) is 11.1 Å². The summed E-state index contributed by atoms with van der Waals surface area (Å²) in [6, 6.07) is 1.93. The number of piperidine rings is 1. The van der Waals surface area contributed by atoms with E-state index < -0.39 is 0 Å². The van der Waals surface area contributed by atoms with Crippen LogP contribution in [0.2, 0.25) is 0 Å². The Labute approximate surface area is 139 Å². The van der Waals surface area contributed by atoms with Crippen molar-refractivity contribution in [2.24, 2.45) is 0 Å². The van der Waals surface area contributed by atoms with Gasteiger partial charge in [-0.15, -0.1) is 0 Å². The van der Waals surface area contributed by atoms with Crippen molar-refractivity contribution in [1.29, 1.82) is 0 Å². The third kappa shape index (κ3) is 2.63. The van der Waals surface area contributed by atoms with Gasteiger partial charge in [0.1, 0.15) is 5.82 Å². The number of aliphatic hydroxyl groups excluding tert-OH is 1. The molecule has 8 nitrogen and oxygen atoms in total. The van der Waals surface area contributed by atoms with E-state index >= 15 is 0 Å². The molecular formula is C16H21N7O. The third-order valence-corrected chi connectivity index (χ3v) is 4.51. The van der Waals surface area contributed by atoms with Crippen molar-refractivity contribution in [1.82, 2.24) is 29.7 Å². The van der Waals surface area contributed by atoms with Crippen LogP contribution in [0.5, 0.6) is 0 Å². The van der Waals surface area contributed by atoms with E-state index in [0.29, 0.717) is 18.3 Å². The molecule has 1 fully saturated rings. The lowest BCUT2D eigenvalue weighted by Gasteiger charge is -2.22. The van der Waals surface area contributed by atoms with Gasteiger partial charge in [0.25, 0.3) is 0 Å². The van der Waals surface area contributed by atoms with E-state index in [0.717, 1.165) is 48.4 Å². The van der Waals surface area contributed by atoms with Crippen LogP contribution >= 0.6 is 0 Å². The molecule has 1 unspecified atom stereocenters.